The van der Waals surface area contributed by atoms with Crippen LogP contribution in [0, 0.1) is 29.6 Å². The van der Waals surface area contributed by atoms with Gasteiger partial charge in [0.1, 0.15) is 0 Å². The molecule has 0 bridgehead atoms. The van der Waals surface area contributed by atoms with Crippen LogP contribution in [0.15, 0.2) is 0 Å². The van der Waals surface area contributed by atoms with E-state index in [4.69, 9.17) is 0 Å². The Morgan fingerprint density at radius 3 is 1.93 bits per heavy atom. The lowest BCUT2D eigenvalue weighted by molar-refractivity contribution is 0.279. The summed E-state index contributed by atoms with van der Waals surface area (Å²) in [7, 11) is 0. The van der Waals surface area contributed by atoms with Crippen molar-refractivity contribution in [3.8, 4) is 0 Å². The van der Waals surface area contributed by atoms with E-state index in [0.29, 0.717) is 0 Å². The molecule has 1 rings (SSSR count). The fraction of sp³-hybridized carbons (Fsp3) is 1.00. The van der Waals surface area contributed by atoms with Crippen LogP contribution < -0.4 is 0 Å². The van der Waals surface area contributed by atoms with E-state index in [9.17, 15) is 0 Å². The highest BCUT2D eigenvalue weighted by atomic mass is 14.4. The van der Waals surface area contributed by atoms with Gasteiger partial charge in [0.25, 0.3) is 0 Å². The molecule has 0 nitrogen and oxygen atoms in total. The lowest BCUT2D eigenvalue weighted by Crippen LogP contribution is -2.13. The Labute approximate surface area is 90.5 Å². The zero-order valence-corrected chi connectivity index (χ0v) is 10.7. The summed E-state index contributed by atoms with van der Waals surface area (Å²) in [5, 5.41) is 0. The van der Waals surface area contributed by atoms with Crippen molar-refractivity contribution in [2.24, 2.45) is 29.6 Å². The molecule has 84 valence electrons. The summed E-state index contributed by atoms with van der Waals surface area (Å²) >= 11 is 0. The van der Waals surface area contributed by atoms with E-state index in [1.165, 1.54) is 25.7 Å². The SMILES string of the molecule is CCC(CC)CC1CC(C)C(C)C1C. The van der Waals surface area contributed by atoms with Crippen molar-refractivity contribution >= 4 is 0 Å². The number of rotatable bonds is 4. The fourth-order valence-corrected chi connectivity index (χ4v) is 3.22. The first kappa shape index (κ1) is 12.1. The van der Waals surface area contributed by atoms with Gasteiger partial charge in [-0.2, -0.15) is 0 Å². The van der Waals surface area contributed by atoms with Crippen molar-refractivity contribution in [1.29, 1.82) is 0 Å². The first-order valence-electron chi connectivity index (χ1n) is 6.60. The molecule has 0 radical (unpaired) electrons. The maximum atomic E-state index is 2.47. The summed E-state index contributed by atoms with van der Waals surface area (Å²) in [6.07, 6.45) is 5.73. The molecule has 4 atom stereocenters. The van der Waals surface area contributed by atoms with Gasteiger partial charge in [0.05, 0.1) is 0 Å². The van der Waals surface area contributed by atoms with E-state index < -0.39 is 0 Å². The summed E-state index contributed by atoms with van der Waals surface area (Å²) < 4.78 is 0. The maximum Gasteiger partial charge on any atom is -0.0381 e. The van der Waals surface area contributed by atoms with Crippen LogP contribution in [0.4, 0.5) is 0 Å². The molecule has 0 heterocycles. The smallest absolute Gasteiger partial charge is 0.0381 e. The van der Waals surface area contributed by atoms with Crippen LogP contribution in [-0.4, -0.2) is 0 Å². The third kappa shape index (κ3) is 2.52. The summed E-state index contributed by atoms with van der Waals surface area (Å²) in [5.74, 6) is 4.88. The Hall–Kier alpha value is 0. The van der Waals surface area contributed by atoms with Crippen molar-refractivity contribution in [2.45, 2.75) is 60.3 Å². The quantitative estimate of drug-likeness (QED) is 0.609. The molecule has 1 aliphatic carbocycles. The molecule has 0 spiro atoms. The molecule has 4 unspecified atom stereocenters. The molecule has 1 fully saturated rings. The minimum absolute atomic E-state index is 0.953. The van der Waals surface area contributed by atoms with Crippen LogP contribution in [0.25, 0.3) is 0 Å². The van der Waals surface area contributed by atoms with Gasteiger partial charge in [0, 0.05) is 0 Å². The lowest BCUT2D eigenvalue weighted by Gasteiger charge is -2.22. The average molecular weight is 196 g/mol. The van der Waals surface area contributed by atoms with Gasteiger partial charge in [-0.1, -0.05) is 47.5 Å². The number of hydrogen-bond donors (Lipinski definition) is 0. The predicted molar refractivity (Wildman–Crippen MR) is 64.3 cm³/mol. The summed E-state index contributed by atoms with van der Waals surface area (Å²) in [6, 6.07) is 0. The second kappa shape index (κ2) is 5.19. The largest absolute Gasteiger partial charge is 0.0651 e. The van der Waals surface area contributed by atoms with E-state index in [0.717, 1.165) is 29.6 Å². The molecule has 0 aromatic carbocycles. The van der Waals surface area contributed by atoms with Crippen LogP contribution in [0.1, 0.15) is 60.3 Å². The summed E-state index contributed by atoms with van der Waals surface area (Å²) in [4.78, 5) is 0. The van der Waals surface area contributed by atoms with Crippen molar-refractivity contribution in [2.75, 3.05) is 0 Å². The van der Waals surface area contributed by atoms with Gasteiger partial charge < -0.3 is 0 Å². The monoisotopic (exact) mass is 196 g/mol. The Morgan fingerprint density at radius 2 is 1.57 bits per heavy atom. The van der Waals surface area contributed by atoms with Gasteiger partial charge in [0.2, 0.25) is 0 Å². The maximum absolute atomic E-state index is 2.47. The Kier molecular flexibility index (Phi) is 4.47. The van der Waals surface area contributed by atoms with Gasteiger partial charge in [-0.3, -0.25) is 0 Å². The van der Waals surface area contributed by atoms with Crippen LogP contribution in [-0.2, 0) is 0 Å². The highest BCUT2D eigenvalue weighted by molar-refractivity contribution is 4.85. The van der Waals surface area contributed by atoms with Crippen molar-refractivity contribution < 1.29 is 0 Å². The van der Waals surface area contributed by atoms with Gasteiger partial charge in [-0.25, -0.2) is 0 Å². The molecule has 1 aliphatic rings. The Balaban J connectivity index is 2.46. The standard InChI is InChI=1S/C14H28/c1-6-13(7-2)9-14-8-10(3)11(4)12(14)5/h10-14H,6-9H2,1-5H3. The summed E-state index contributed by atoms with van der Waals surface area (Å²) in [5.41, 5.74) is 0. The predicted octanol–water partition coefficient (Wildman–Crippen LogP) is 4.74. The first-order valence-corrected chi connectivity index (χ1v) is 6.60. The van der Waals surface area contributed by atoms with Gasteiger partial charge in [0.15, 0.2) is 0 Å². The second-order valence-corrected chi connectivity index (χ2v) is 5.61. The summed E-state index contributed by atoms with van der Waals surface area (Å²) in [6.45, 7) is 12.1. The Morgan fingerprint density at radius 1 is 1.00 bits per heavy atom. The first-order chi connectivity index (χ1) is 6.60. The van der Waals surface area contributed by atoms with Crippen molar-refractivity contribution in [1.82, 2.24) is 0 Å². The highest BCUT2D eigenvalue weighted by Crippen LogP contribution is 2.44. The van der Waals surface area contributed by atoms with Crippen LogP contribution in [0.5, 0.6) is 0 Å². The van der Waals surface area contributed by atoms with E-state index in [1.807, 2.05) is 0 Å². The van der Waals surface area contributed by atoms with Crippen molar-refractivity contribution in [3.63, 3.8) is 0 Å². The third-order valence-corrected chi connectivity index (χ3v) is 4.94. The van der Waals surface area contributed by atoms with Crippen LogP contribution in [0.3, 0.4) is 0 Å². The van der Waals surface area contributed by atoms with Crippen molar-refractivity contribution in [3.05, 3.63) is 0 Å². The number of hydrogen-bond acceptors (Lipinski definition) is 0. The fourth-order valence-electron chi connectivity index (χ4n) is 3.22. The molecule has 0 saturated heterocycles. The van der Waals surface area contributed by atoms with Gasteiger partial charge >= 0.3 is 0 Å². The van der Waals surface area contributed by atoms with Crippen LogP contribution >= 0.6 is 0 Å². The molecule has 0 N–H and O–H groups in total. The molecule has 1 saturated carbocycles. The zero-order chi connectivity index (χ0) is 10.7. The zero-order valence-electron chi connectivity index (χ0n) is 10.7. The highest BCUT2D eigenvalue weighted by Gasteiger charge is 2.35. The second-order valence-electron chi connectivity index (χ2n) is 5.61. The minimum atomic E-state index is 0.953. The van der Waals surface area contributed by atoms with Gasteiger partial charge in [-0.05, 0) is 42.4 Å². The molecular formula is C14H28. The lowest BCUT2D eigenvalue weighted by atomic mass is 9.83. The molecule has 0 amide bonds. The molecule has 0 aliphatic heterocycles. The molecule has 0 aromatic heterocycles. The van der Waals surface area contributed by atoms with E-state index in [-0.39, 0.29) is 0 Å². The van der Waals surface area contributed by atoms with E-state index >= 15 is 0 Å². The minimum Gasteiger partial charge on any atom is -0.0651 e. The van der Waals surface area contributed by atoms with E-state index in [1.54, 1.807) is 0 Å². The molecule has 0 heteroatoms. The third-order valence-electron chi connectivity index (χ3n) is 4.94. The topological polar surface area (TPSA) is 0 Å². The van der Waals surface area contributed by atoms with E-state index in [2.05, 4.69) is 34.6 Å². The molecule has 0 aromatic rings. The Bertz CT molecular complexity index is 157. The molecular weight excluding hydrogens is 168 g/mol. The van der Waals surface area contributed by atoms with Crippen LogP contribution in [0.2, 0.25) is 0 Å². The van der Waals surface area contributed by atoms with Gasteiger partial charge in [-0.15, -0.1) is 0 Å². The normalized spacial score (nSPS) is 38.1. The molecule has 14 heavy (non-hydrogen) atoms. The average Bonchev–Trinajstić information content (AvgIpc) is 2.42.